The van der Waals surface area contributed by atoms with E-state index in [0.29, 0.717) is 18.3 Å². The second kappa shape index (κ2) is 7.69. The molecular formula is C12H25NO2. The molecule has 0 aromatic carbocycles. The lowest BCUT2D eigenvalue weighted by atomic mass is 10.1. The number of hydrogen-bond acceptors (Lipinski definition) is 2. The summed E-state index contributed by atoms with van der Waals surface area (Å²) in [6, 6.07) is 0. The number of carbonyl (C=O) groups is 1. The van der Waals surface area contributed by atoms with Gasteiger partial charge in [0.2, 0.25) is 5.91 Å². The first-order chi connectivity index (χ1) is 7.01. The lowest BCUT2D eigenvalue weighted by Gasteiger charge is -2.23. The molecule has 0 radical (unpaired) electrons. The van der Waals surface area contributed by atoms with Crippen LogP contribution < -0.4 is 0 Å². The summed E-state index contributed by atoms with van der Waals surface area (Å²) in [7, 11) is 3.58. The van der Waals surface area contributed by atoms with Crippen molar-refractivity contribution in [1.29, 1.82) is 0 Å². The van der Waals surface area contributed by atoms with Crippen molar-refractivity contribution in [2.24, 2.45) is 11.8 Å². The summed E-state index contributed by atoms with van der Waals surface area (Å²) in [5.74, 6) is 1.12. The van der Waals surface area contributed by atoms with E-state index in [4.69, 9.17) is 4.74 Å². The highest BCUT2D eigenvalue weighted by atomic mass is 16.5. The van der Waals surface area contributed by atoms with E-state index in [0.717, 1.165) is 19.6 Å². The Morgan fingerprint density at radius 3 is 2.40 bits per heavy atom. The monoisotopic (exact) mass is 215 g/mol. The average Bonchev–Trinajstić information content (AvgIpc) is 2.15. The van der Waals surface area contributed by atoms with Crippen molar-refractivity contribution in [3.63, 3.8) is 0 Å². The highest BCUT2D eigenvalue weighted by molar-refractivity contribution is 5.76. The Hall–Kier alpha value is -0.570. The Morgan fingerprint density at radius 1 is 1.40 bits per heavy atom. The van der Waals surface area contributed by atoms with Crippen LogP contribution in [0.1, 0.15) is 33.6 Å². The Morgan fingerprint density at radius 2 is 2.00 bits per heavy atom. The summed E-state index contributed by atoms with van der Waals surface area (Å²) in [5.41, 5.74) is 0. The number of carbonyl (C=O) groups excluding carboxylic acids is 1. The van der Waals surface area contributed by atoms with Crippen LogP contribution in [0, 0.1) is 11.8 Å². The van der Waals surface area contributed by atoms with Gasteiger partial charge in [-0.15, -0.1) is 0 Å². The molecule has 3 heteroatoms. The van der Waals surface area contributed by atoms with Gasteiger partial charge < -0.3 is 9.64 Å². The van der Waals surface area contributed by atoms with Gasteiger partial charge in [0.05, 0.1) is 6.61 Å². The molecule has 0 aromatic rings. The van der Waals surface area contributed by atoms with Crippen LogP contribution in [0.4, 0.5) is 0 Å². The number of ether oxygens (including phenoxy) is 1. The van der Waals surface area contributed by atoms with E-state index in [1.165, 1.54) is 0 Å². The molecule has 1 amide bonds. The summed E-state index contributed by atoms with van der Waals surface area (Å²) in [6.07, 6.45) is 1.69. The van der Waals surface area contributed by atoms with Crippen molar-refractivity contribution in [1.82, 2.24) is 4.90 Å². The normalized spacial score (nSPS) is 12.9. The van der Waals surface area contributed by atoms with Crippen molar-refractivity contribution in [3.8, 4) is 0 Å². The molecule has 0 heterocycles. The topological polar surface area (TPSA) is 29.5 Å². The molecule has 0 saturated heterocycles. The van der Waals surface area contributed by atoms with Gasteiger partial charge in [-0.1, -0.05) is 20.8 Å². The molecule has 0 rings (SSSR count). The number of nitrogens with zero attached hydrogens (tertiary/aromatic N) is 1. The molecule has 0 aromatic heterocycles. The first-order valence-electron chi connectivity index (χ1n) is 5.74. The molecule has 0 aliphatic rings. The van der Waals surface area contributed by atoms with Crippen molar-refractivity contribution in [3.05, 3.63) is 0 Å². The molecule has 0 bridgehead atoms. The van der Waals surface area contributed by atoms with E-state index in [9.17, 15) is 4.79 Å². The Labute approximate surface area is 93.8 Å². The summed E-state index contributed by atoms with van der Waals surface area (Å²) in [6.45, 7) is 7.80. The van der Waals surface area contributed by atoms with Crippen LogP contribution in [0.2, 0.25) is 0 Å². The highest BCUT2D eigenvalue weighted by Crippen LogP contribution is 2.08. The second-order valence-electron chi connectivity index (χ2n) is 4.60. The molecular weight excluding hydrogens is 190 g/mol. The van der Waals surface area contributed by atoms with Gasteiger partial charge >= 0.3 is 0 Å². The molecule has 90 valence electrons. The summed E-state index contributed by atoms with van der Waals surface area (Å²) >= 11 is 0. The first-order valence-corrected chi connectivity index (χ1v) is 5.74. The number of amides is 1. The van der Waals surface area contributed by atoms with Gasteiger partial charge in [0.15, 0.2) is 0 Å². The van der Waals surface area contributed by atoms with E-state index in [-0.39, 0.29) is 5.91 Å². The lowest BCUT2D eigenvalue weighted by molar-refractivity contribution is -0.131. The smallest absolute Gasteiger partial charge is 0.222 e. The Balaban J connectivity index is 3.97. The third-order valence-electron chi connectivity index (χ3n) is 2.52. The van der Waals surface area contributed by atoms with E-state index in [1.807, 2.05) is 11.9 Å². The van der Waals surface area contributed by atoms with Gasteiger partial charge in [0.25, 0.3) is 0 Å². The van der Waals surface area contributed by atoms with E-state index >= 15 is 0 Å². The molecule has 15 heavy (non-hydrogen) atoms. The number of methoxy groups -OCH3 is 1. The Kier molecular flexibility index (Phi) is 7.39. The molecule has 0 N–H and O–H groups in total. The zero-order chi connectivity index (χ0) is 11.8. The van der Waals surface area contributed by atoms with Crippen LogP contribution >= 0.6 is 0 Å². The standard InChI is InChI=1S/C12H25NO2/c1-6-11(9-15-5)8-13(4)12(14)7-10(2)3/h10-11H,6-9H2,1-5H3. The number of rotatable bonds is 7. The van der Waals surface area contributed by atoms with Gasteiger partial charge in [0.1, 0.15) is 0 Å². The fourth-order valence-electron chi connectivity index (χ4n) is 1.53. The van der Waals surface area contributed by atoms with Gasteiger partial charge in [-0.2, -0.15) is 0 Å². The van der Waals surface area contributed by atoms with Crippen molar-refractivity contribution >= 4 is 5.91 Å². The van der Waals surface area contributed by atoms with E-state index in [2.05, 4.69) is 20.8 Å². The number of hydrogen-bond donors (Lipinski definition) is 0. The van der Waals surface area contributed by atoms with Crippen LogP contribution in [0.3, 0.4) is 0 Å². The van der Waals surface area contributed by atoms with E-state index in [1.54, 1.807) is 7.11 Å². The fraction of sp³-hybridized carbons (Fsp3) is 0.917. The molecule has 3 nitrogen and oxygen atoms in total. The fourth-order valence-corrected chi connectivity index (χ4v) is 1.53. The maximum absolute atomic E-state index is 11.7. The van der Waals surface area contributed by atoms with Crippen LogP contribution in [0.15, 0.2) is 0 Å². The molecule has 0 aliphatic heterocycles. The largest absolute Gasteiger partial charge is 0.384 e. The maximum Gasteiger partial charge on any atom is 0.222 e. The van der Waals surface area contributed by atoms with Gasteiger partial charge in [-0.25, -0.2) is 0 Å². The van der Waals surface area contributed by atoms with Gasteiger partial charge in [-0.3, -0.25) is 4.79 Å². The van der Waals surface area contributed by atoms with Crippen LogP contribution in [-0.4, -0.2) is 38.1 Å². The average molecular weight is 215 g/mol. The minimum Gasteiger partial charge on any atom is -0.384 e. The molecule has 1 atom stereocenters. The minimum absolute atomic E-state index is 0.236. The second-order valence-corrected chi connectivity index (χ2v) is 4.60. The van der Waals surface area contributed by atoms with Crippen LogP contribution in [0.5, 0.6) is 0 Å². The summed E-state index contributed by atoms with van der Waals surface area (Å²) in [5, 5.41) is 0. The summed E-state index contributed by atoms with van der Waals surface area (Å²) < 4.78 is 5.12. The quantitative estimate of drug-likeness (QED) is 0.651. The van der Waals surface area contributed by atoms with Crippen molar-refractivity contribution in [2.75, 3.05) is 27.3 Å². The summed E-state index contributed by atoms with van der Waals surface area (Å²) in [4.78, 5) is 13.5. The predicted octanol–water partition coefficient (Wildman–Crippen LogP) is 2.16. The molecule has 0 fully saturated rings. The lowest BCUT2D eigenvalue weighted by Crippen LogP contribution is -2.33. The van der Waals surface area contributed by atoms with Gasteiger partial charge in [-0.05, 0) is 18.3 Å². The third-order valence-corrected chi connectivity index (χ3v) is 2.52. The molecule has 0 spiro atoms. The maximum atomic E-state index is 11.7. The van der Waals surface area contributed by atoms with Crippen molar-refractivity contribution in [2.45, 2.75) is 33.6 Å². The van der Waals surface area contributed by atoms with Crippen LogP contribution in [0.25, 0.3) is 0 Å². The zero-order valence-electron chi connectivity index (χ0n) is 10.7. The van der Waals surface area contributed by atoms with Crippen LogP contribution in [-0.2, 0) is 9.53 Å². The molecule has 0 aliphatic carbocycles. The highest BCUT2D eigenvalue weighted by Gasteiger charge is 2.15. The van der Waals surface area contributed by atoms with E-state index < -0.39 is 0 Å². The van der Waals surface area contributed by atoms with Gasteiger partial charge in [0, 0.05) is 27.1 Å². The van der Waals surface area contributed by atoms with Crippen molar-refractivity contribution < 1.29 is 9.53 Å². The Bertz CT molecular complexity index is 180. The third kappa shape index (κ3) is 6.50. The zero-order valence-corrected chi connectivity index (χ0v) is 10.7. The molecule has 0 saturated carbocycles. The SMILES string of the molecule is CCC(COC)CN(C)C(=O)CC(C)C. The minimum atomic E-state index is 0.236. The predicted molar refractivity (Wildman–Crippen MR) is 62.7 cm³/mol. The molecule has 1 unspecified atom stereocenters. The first kappa shape index (κ1) is 14.4.